The minimum Gasteiger partial charge on any atom is -0.310 e. The van der Waals surface area contributed by atoms with Crippen molar-refractivity contribution in [2.45, 2.75) is 10.8 Å². The van der Waals surface area contributed by atoms with Crippen LogP contribution in [0.2, 0.25) is 0 Å². The Kier molecular flexibility index (Phi) is 9.27. The number of anilines is 3. The molecule has 2 aliphatic carbocycles. The lowest BCUT2D eigenvalue weighted by Crippen LogP contribution is -2.29. The summed E-state index contributed by atoms with van der Waals surface area (Å²) in [6.07, 6.45) is 0. The molecular weight excluding hydrogens is 863 g/mol. The lowest BCUT2D eigenvalue weighted by atomic mass is 9.67. The Labute approximate surface area is 412 Å². The van der Waals surface area contributed by atoms with E-state index in [0.717, 1.165) is 17.1 Å². The van der Waals surface area contributed by atoms with Gasteiger partial charge in [0.15, 0.2) is 0 Å². The van der Waals surface area contributed by atoms with Crippen LogP contribution in [0, 0.1) is 0 Å². The van der Waals surface area contributed by atoms with Crippen molar-refractivity contribution < 1.29 is 0 Å². The third-order valence-electron chi connectivity index (χ3n) is 15.2. The molecule has 14 rings (SSSR count). The van der Waals surface area contributed by atoms with E-state index in [2.05, 4.69) is 278 Å². The van der Waals surface area contributed by atoms with Crippen molar-refractivity contribution in [3.63, 3.8) is 0 Å². The van der Waals surface area contributed by atoms with Crippen molar-refractivity contribution >= 4 is 48.6 Å². The second-order valence-electron chi connectivity index (χ2n) is 18.7. The van der Waals surface area contributed by atoms with E-state index in [1.165, 1.54) is 98.1 Å². The molecule has 12 aromatic rings. The highest BCUT2D eigenvalue weighted by Gasteiger charge is 2.48. The molecule has 0 bridgehead atoms. The number of fused-ring (bicyclic) bond motifs is 9. The predicted octanol–water partition coefficient (Wildman–Crippen LogP) is 17.9. The van der Waals surface area contributed by atoms with Gasteiger partial charge < -0.3 is 4.90 Å². The van der Waals surface area contributed by atoms with E-state index in [1.54, 1.807) is 0 Å². The van der Waals surface area contributed by atoms with Crippen LogP contribution in [0.1, 0.15) is 44.5 Å². The molecule has 2 heteroatoms. The molecule has 0 saturated carbocycles. The number of benzene rings is 11. The van der Waals surface area contributed by atoms with Crippen LogP contribution in [0.15, 0.2) is 273 Å². The first-order valence-corrected chi connectivity index (χ1v) is 25.1. The lowest BCUT2D eigenvalue weighted by molar-refractivity contribution is 0.767. The van der Waals surface area contributed by atoms with Crippen LogP contribution < -0.4 is 4.90 Å². The van der Waals surface area contributed by atoms with Crippen LogP contribution in [0.4, 0.5) is 17.1 Å². The highest BCUT2D eigenvalue weighted by Crippen LogP contribution is 2.59. The molecule has 0 atom stereocenters. The molecule has 11 aromatic carbocycles. The summed E-state index contributed by atoms with van der Waals surface area (Å²) < 4.78 is 2.63. The molecule has 0 aliphatic heterocycles. The van der Waals surface area contributed by atoms with Crippen LogP contribution in [-0.4, -0.2) is 0 Å². The van der Waals surface area contributed by atoms with Gasteiger partial charge in [0.05, 0.1) is 10.8 Å². The summed E-state index contributed by atoms with van der Waals surface area (Å²) in [6, 6.07) is 102. The van der Waals surface area contributed by atoms with Gasteiger partial charge in [0.25, 0.3) is 0 Å². The van der Waals surface area contributed by atoms with Gasteiger partial charge in [-0.2, -0.15) is 0 Å². The molecule has 2 aliphatic rings. The second kappa shape index (κ2) is 16.0. The van der Waals surface area contributed by atoms with Crippen LogP contribution in [0.3, 0.4) is 0 Å². The van der Waals surface area contributed by atoms with Gasteiger partial charge in [0.2, 0.25) is 0 Å². The Hall–Kier alpha value is -8.56. The van der Waals surface area contributed by atoms with Gasteiger partial charge in [-0.15, -0.1) is 11.3 Å². The van der Waals surface area contributed by atoms with Crippen LogP contribution >= 0.6 is 11.3 Å². The topological polar surface area (TPSA) is 3.24 Å². The average Bonchev–Trinajstić information content (AvgIpc) is 4.07. The van der Waals surface area contributed by atoms with E-state index in [0.29, 0.717) is 0 Å². The smallest absolute Gasteiger partial charge is 0.0714 e. The van der Waals surface area contributed by atoms with Crippen molar-refractivity contribution in [3.8, 4) is 33.4 Å². The maximum absolute atomic E-state index is 2.50. The summed E-state index contributed by atoms with van der Waals surface area (Å²) in [6.45, 7) is 0. The van der Waals surface area contributed by atoms with Crippen molar-refractivity contribution in [1.29, 1.82) is 0 Å². The predicted molar refractivity (Wildman–Crippen MR) is 294 cm³/mol. The molecule has 0 N–H and O–H groups in total. The van der Waals surface area contributed by atoms with Crippen molar-refractivity contribution in [1.82, 2.24) is 0 Å². The van der Waals surface area contributed by atoms with Gasteiger partial charge in [-0.3, -0.25) is 0 Å². The van der Waals surface area contributed by atoms with Gasteiger partial charge in [0.1, 0.15) is 0 Å². The monoisotopic (exact) mass is 907 g/mol. The molecular formula is C68H45NS. The molecule has 70 heavy (non-hydrogen) atoms. The number of thiophene rings is 1. The second-order valence-corrected chi connectivity index (χ2v) is 19.7. The molecule has 0 fully saturated rings. The van der Waals surface area contributed by atoms with E-state index in [1.807, 2.05) is 11.3 Å². The number of rotatable bonds is 8. The third-order valence-corrected chi connectivity index (χ3v) is 16.5. The van der Waals surface area contributed by atoms with Crippen molar-refractivity contribution in [2.24, 2.45) is 0 Å². The quantitative estimate of drug-likeness (QED) is 0.147. The van der Waals surface area contributed by atoms with Gasteiger partial charge in [0, 0.05) is 37.2 Å². The highest BCUT2D eigenvalue weighted by atomic mass is 32.1. The number of nitrogens with zero attached hydrogens (tertiary/aromatic N) is 1. The van der Waals surface area contributed by atoms with E-state index in [4.69, 9.17) is 0 Å². The van der Waals surface area contributed by atoms with E-state index < -0.39 is 10.8 Å². The zero-order chi connectivity index (χ0) is 46.2. The van der Waals surface area contributed by atoms with Gasteiger partial charge >= 0.3 is 0 Å². The van der Waals surface area contributed by atoms with E-state index in [-0.39, 0.29) is 0 Å². The maximum Gasteiger partial charge on any atom is 0.0714 e. The standard InChI is InChI=1S/C68H45NS/c1-5-20-47(21-6-1)67(48-22-7-2-8-23-48)61-33-16-13-28-55(61)57-42-40-52(44-63(57)67)69(51-38-36-46(37-39-51)54-31-19-32-60-59-30-15-18-35-65(59)70-66(54)60)53-41-43-58-56-29-14-17-34-62(56)68(64(58)45-53,49-24-9-3-10-25-49)50-26-11-4-12-27-50/h1-45H. The first-order chi connectivity index (χ1) is 34.7. The fraction of sp³-hybridized carbons (Fsp3) is 0.0294. The lowest BCUT2D eigenvalue weighted by Gasteiger charge is -2.36. The molecule has 0 radical (unpaired) electrons. The third kappa shape index (κ3) is 5.84. The van der Waals surface area contributed by atoms with Crippen LogP contribution in [0.25, 0.3) is 53.6 Å². The maximum atomic E-state index is 2.50. The van der Waals surface area contributed by atoms with Gasteiger partial charge in [-0.25, -0.2) is 0 Å². The van der Waals surface area contributed by atoms with Crippen molar-refractivity contribution in [3.05, 3.63) is 317 Å². The molecule has 1 aromatic heterocycles. The Morgan fingerprint density at radius 2 is 0.657 bits per heavy atom. The van der Waals surface area contributed by atoms with E-state index in [9.17, 15) is 0 Å². The van der Waals surface area contributed by atoms with Gasteiger partial charge in [-0.1, -0.05) is 231 Å². The van der Waals surface area contributed by atoms with Crippen LogP contribution in [-0.2, 0) is 10.8 Å². The fourth-order valence-corrected chi connectivity index (χ4v) is 13.6. The molecule has 328 valence electrons. The Bertz CT molecular complexity index is 3670. The van der Waals surface area contributed by atoms with Crippen LogP contribution in [0.5, 0.6) is 0 Å². The molecule has 0 saturated heterocycles. The highest BCUT2D eigenvalue weighted by molar-refractivity contribution is 7.26. The Morgan fingerprint density at radius 3 is 1.16 bits per heavy atom. The number of hydrogen-bond acceptors (Lipinski definition) is 2. The van der Waals surface area contributed by atoms with Gasteiger partial charge in [-0.05, 0) is 120 Å². The zero-order valence-corrected chi connectivity index (χ0v) is 39.2. The first-order valence-electron chi connectivity index (χ1n) is 24.2. The van der Waals surface area contributed by atoms with E-state index >= 15 is 0 Å². The molecule has 0 amide bonds. The molecule has 1 heterocycles. The summed E-state index contributed by atoms with van der Waals surface area (Å²) in [7, 11) is 0. The summed E-state index contributed by atoms with van der Waals surface area (Å²) in [5.41, 5.74) is 19.9. The Balaban J connectivity index is 1.02. The SMILES string of the molecule is c1ccc(C2(c3ccccc3)c3ccccc3-c3ccc(N(c4ccc(-c5cccc6c5sc5ccccc56)cc4)c4ccc5c(c4)C(c4ccccc4)(c4ccccc4)c4ccccc4-5)cc32)cc1. The Morgan fingerprint density at radius 1 is 0.271 bits per heavy atom. The normalized spacial score (nSPS) is 13.7. The molecule has 0 spiro atoms. The summed E-state index contributed by atoms with van der Waals surface area (Å²) >= 11 is 1.88. The summed E-state index contributed by atoms with van der Waals surface area (Å²) in [4.78, 5) is 2.50. The zero-order valence-electron chi connectivity index (χ0n) is 38.3. The summed E-state index contributed by atoms with van der Waals surface area (Å²) in [5, 5.41) is 2.62. The van der Waals surface area contributed by atoms with Crippen molar-refractivity contribution in [2.75, 3.05) is 4.90 Å². The number of hydrogen-bond donors (Lipinski definition) is 0. The fourth-order valence-electron chi connectivity index (χ4n) is 12.4. The minimum absolute atomic E-state index is 0.543. The summed E-state index contributed by atoms with van der Waals surface area (Å²) in [5.74, 6) is 0. The minimum atomic E-state index is -0.543. The molecule has 0 unspecified atom stereocenters. The average molecular weight is 908 g/mol. The first kappa shape index (κ1) is 40.5. The molecule has 1 nitrogen and oxygen atoms in total. The largest absolute Gasteiger partial charge is 0.310 e.